The molecular weight excluding hydrogens is 590 g/mol. The number of benzene rings is 2. The van der Waals surface area contributed by atoms with Crippen LogP contribution in [0.25, 0.3) is 11.1 Å². The molecule has 2 heterocycles. The first-order valence-corrected chi connectivity index (χ1v) is 16.8. The zero-order valence-corrected chi connectivity index (χ0v) is 27.3. The van der Waals surface area contributed by atoms with Gasteiger partial charge in [0.15, 0.2) is 32.8 Å². The van der Waals surface area contributed by atoms with Gasteiger partial charge in [0.2, 0.25) is 5.75 Å². The molecule has 2 aromatic rings. The van der Waals surface area contributed by atoms with Crippen LogP contribution in [0.15, 0.2) is 23.1 Å². The lowest BCUT2D eigenvalue weighted by Crippen LogP contribution is -2.37. The van der Waals surface area contributed by atoms with Crippen LogP contribution in [0.1, 0.15) is 51.2 Å². The minimum atomic E-state index is -4.11. The van der Waals surface area contributed by atoms with Gasteiger partial charge in [0, 0.05) is 31.8 Å². The van der Waals surface area contributed by atoms with Gasteiger partial charge in [0.05, 0.1) is 53.9 Å². The fraction of sp³-hybridized carbons (Fsp3) is 0.594. The molecule has 4 rings (SSSR count). The molecule has 0 amide bonds. The van der Waals surface area contributed by atoms with Gasteiger partial charge in [-0.1, -0.05) is 6.92 Å². The van der Waals surface area contributed by atoms with Gasteiger partial charge >= 0.3 is 0 Å². The second-order valence-electron chi connectivity index (χ2n) is 10.9. The van der Waals surface area contributed by atoms with Crippen molar-refractivity contribution in [3.63, 3.8) is 0 Å². The van der Waals surface area contributed by atoms with E-state index in [4.69, 9.17) is 33.2 Å². The van der Waals surface area contributed by atoms with Crippen LogP contribution in [-0.4, -0.2) is 98.9 Å². The molecule has 0 spiro atoms. The maximum Gasteiger partial charge on any atom is 0.203 e. The number of carbonyl (C=O) groups is 1. The maximum absolute atomic E-state index is 13.7. The van der Waals surface area contributed by atoms with E-state index in [2.05, 4.69) is 4.90 Å². The van der Waals surface area contributed by atoms with Crippen LogP contribution in [0.4, 0.5) is 0 Å². The van der Waals surface area contributed by atoms with Crippen LogP contribution >= 0.6 is 0 Å². The molecule has 0 radical (unpaired) electrons. The minimum Gasteiger partial charge on any atom is -0.493 e. The van der Waals surface area contributed by atoms with E-state index >= 15 is 0 Å². The highest BCUT2D eigenvalue weighted by atomic mass is 32.2. The maximum atomic E-state index is 13.7. The summed E-state index contributed by atoms with van der Waals surface area (Å²) in [6.45, 7) is 8.33. The fourth-order valence-electron chi connectivity index (χ4n) is 5.60. The van der Waals surface area contributed by atoms with E-state index in [9.17, 15) is 13.2 Å². The predicted molar refractivity (Wildman–Crippen MR) is 165 cm³/mol. The summed E-state index contributed by atoms with van der Waals surface area (Å²) >= 11 is 0. The fourth-order valence-corrected chi connectivity index (χ4v) is 7.03. The number of nitrogens with zero attached hydrogens (tertiary/aromatic N) is 1. The highest BCUT2D eigenvalue weighted by Crippen LogP contribution is 2.52. The summed E-state index contributed by atoms with van der Waals surface area (Å²) in [4.78, 5) is 14.3. The van der Waals surface area contributed by atoms with Gasteiger partial charge in [-0.05, 0) is 61.9 Å². The van der Waals surface area contributed by atoms with Crippen LogP contribution < -0.4 is 23.7 Å². The molecule has 0 N–H and O–H groups in total. The normalized spacial score (nSPS) is 17.3. The summed E-state index contributed by atoms with van der Waals surface area (Å²) in [6, 6.07) is 5.15. The third-order valence-electron chi connectivity index (χ3n) is 7.61. The van der Waals surface area contributed by atoms with E-state index in [0.29, 0.717) is 67.6 Å². The Balaban J connectivity index is 1.89. The highest BCUT2D eigenvalue weighted by Gasteiger charge is 2.32. The second-order valence-corrected chi connectivity index (χ2v) is 12.8. The lowest BCUT2D eigenvalue weighted by Gasteiger charge is -2.26. The molecule has 1 atom stereocenters. The molecule has 0 saturated carbocycles. The lowest BCUT2D eigenvalue weighted by molar-refractivity contribution is -0.114. The number of methoxy groups -OCH3 is 3. The van der Waals surface area contributed by atoms with Crippen molar-refractivity contribution in [2.45, 2.75) is 50.5 Å². The van der Waals surface area contributed by atoms with E-state index in [1.807, 2.05) is 13.0 Å². The van der Waals surface area contributed by atoms with Crippen molar-refractivity contribution in [2.75, 3.05) is 79.8 Å². The summed E-state index contributed by atoms with van der Waals surface area (Å²) in [7, 11) is 0.481. The Hall–Kier alpha value is -3.06. The van der Waals surface area contributed by atoms with Gasteiger partial charge in [-0.2, -0.15) is 0 Å². The van der Waals surface area contributed by atoms with Crippen molar-refractivity contribution in [1.82, 2.24) is 4.90 Å². The van der Waals surface area contributed by atoms with Gasteiger partial charge in [-0.25, -0.2) is 8.42 Å². The average molecular weight is 636 g/mol. The lowest BCUT2D eigenvalue weighted by atomic mass is 9.92. The number of hydrogen-bond donors (Lipinski definition) is 0. The molecule has 2 aliphatic rings. The summed E-state index contributed by atoms with van der Waals surface area (Å²) in [5.74, 6) is 0.416. The Bertz CT molecular complexity index is 1380. The van der Waals surface area contributed by atoms with Crippen molar-refractivity contribution in [3.8, 4) is 39.9 Å². The largest absolute Gasteiger partial charge is 0.493 e. The predicted octanol–water partition coefficient (Wildman–Crippen LogP) is 4.48. The molecule has 2 aliphatic heterocycles. The molecule has 0 aromatic heterocycles. The standard InChI is InChI=1S/C32H45NO10S/c1-6-13-43-30-27(42-15-8-10-33-11-16-40-17-12-33)18-23(19-28(30)44(35,36)21-22(2)34)29-24(25-9-7-14-41-25)20-26(37-3)31(38-4)32(29)39-5/h18-20,25H,6-17,21H2,1-5H3. The zero-order chi connectivity index (χ0) is 31.7. The number of ether oxygens (including phenoxy) is 7. The first kappa shape index (κ1) is 33.8. The summed E-state index contributed by atoms with van der Waals surface area (Å²) in [5.41, 5.74) is 1.87. The molecule has 0 aliphatic carbocycles. The molecule has 1 unspecified atom stereocenters. The van der Waals surface area contributed by atoms with Gasteiger partial charge < -0.3 is 33.2 Å². The van der Waals surface area contributed by atoms with Gasteiger partial charge in [-0.15, -0.1) is 0 Å². The molecule has 0 bridgehead atoms. The zero-order valence-electron chi connectivity index (χ0n) is 26.4. The van der Waals surface area contributed by atoms with Gasteiger partial charge in [0.1, 0.15) is 16.4 Å². The molecule has 11 nitrogen and oxygen atoms in total. The Morgan fingerprint density at radius 2 is 1.68 bits per heavy atom. The number of hydrogen-bond acceptors (Lipinski definition) is 11. The van der Waals surface area contributed by atoms with Crippen LogP contribution in [-0.2, 0) is 24.1 Å². The van der Waals surface area contributed by atoms with Crippen LogP contribution in [0, 0.1) is 0 Å². The van der Waals surface area contributed by atoms with E-state index in [-0.39, 0.29) is 29.1 Å². The second kappa shape index (κ2) is 15.8. The van der Waals surface area contributed by atoms with Crippen molar-refractivity contribution < 1.29 is 46.4 Å². The highest BCUT2D eigenvalue weighted by molar-refractivity contribution is 7.92. The minimum absolute atomic E-state index is 0.0985. The monoisotopic (exact) mass is 635 g/mol. The number of morpholine rings is 1. The Labute approximate surface area is 260 Å². The van der Waals surface area contributed by atoms with E-state index in [1.165, 1.54) is 27.2 Å². The first-order valence-electron chi connectivity index (χ1n) is 15.1. The topological polar surface area (TPSA) is 119 Å². The Morgan fingerprint density at radius 3 is 2.30 bits per heavy atom. The van der Waals surface area contributed by atoms with Gasteiger partial charge in [0.25, 0.3) is 0 Å². The molecule has 44 heavy (non-hydrogen) atoms. The van der Waals surface area contributed by atoms with Crippen LogP contribution in [0.2, 0.25) is 0 Å². The number of sulfone groups is 1. The van der Waals surface area contributed by atoms with E-state index in [0.717, 1.165) is 38.0 Å². The van der Waals surface area contributed by atoms with Crippen LogP contribution in [0.5, 0.6) is 28.7 Å². The molecule has 2 saturated heterocycles. The van der Waals surface area contributed by atoms with E-state index < -0.39 is 21.4 Å². The number of Topliss-reactive ketones (excluding diaryl/α,β-unsaturated/α-hetero) is 1. The van der Waals surface area contributed by atoms with Crippen molar-refractivity contribution >= 4 is 15.6 Å². The molecule has 2 aromatic carbocycles. The molecule has 2 fully saturated rings. The van der Waals surface area contributed by atoms with Gasteiger partial charge in [-0.3, -0.25) is 9.69 Å². The average Bonchev–Trinajstić information content (AvgIpc) is 3.56. The van der Waals surface area contributed by atoms with Crippen molar-refractivity contribution in [2.24, 2.45) is 0 Å². The summed E-state index contributed by atoms with van der Waals surface area (Å²) in [6.07, 6.45) is 2.74. The molecular formula is C32H45NO10S. The summed E-state index contributed by atoms with van der Waals surface area (Å²) < 4.78 is 68.6. The summed E-state index contributed by atoms with van der Waals surface area (Å²) in [5, 5.41) is 0. The van der Waals surface area contributed by atoms with Crippen molar-refractivity contribution in [1.29, 1.82) is 0 Å². The Kier molecular flexibility index (Phi) is 12.1. The first-order chi connectivity index (χ1) is 21.2. The van der Waals surface area contributed by atoms with Crippen molar-refractivity contribution in [3.05, 3.63) is 23.8 Å². The third kappa shape index (κ3) is 7.96. The molecule has 12 heteroatoms. The number of carbonyl (C=O) groups excluding carboxylic acids is 1. The third-order valence-corrected chi connectivity index (χ3v) is 9.37. The SMILES string of the molecule is CCCOc1c(OCCCN2CCOCC2)cc(-c2c(C3CCCO3)cc(OC)c(OC)c2OC)cc1S(=O)(=O)CC(C)=O. The van der Waals surface area contributed by atoms with Crippen LogP contribution in [0.3, 0.4) is 0 Å². The van der Waals surface area contributed by atoms with E-state index in [1.54, 1.807) is 13.2 Å². The molecule has 244 valence electrons. The number of ketones is 1. The Morgan fingerprint density at radius 1 is 0.932 bits per heavy atom. The number of rotatable bonds is 16. The quantitative estimate of drug-likeness (QED) is 0.243. The smallest absolute Gasteiger partial charge is 0.203 e.